The summed E-state index contributed by atoms with van der Waals surface area (Å²) in [6, 6.07) is 0. The Bertz CT molecular complexity index is 380. The molecule has 0 aliphatic carbocycles. The number of guanidine groups is 1. The first-order valence-electron chi connectivity index (χ1n) is 8.59. The van der Waals surface area contributed by atoms with E-state index in [1.807, 2.05) is 0 Å². The summed E-state index contributed by atoms with van der Waals surface area (Å²) < 4.78 is 40.4. The summed E-state index contributed by atoms with van der Waals surface area (Å²) in [5.74, 6) is 0.663. The summed E-state index contributed by atoms with van der Waals surface area (Å²) in [6.45, 7) is 6.83. The van der Waals surface area contributed by atoms with Gasteiger partial charge in [-0.25, -0.2) is 0 Å². The second-order valence-corrected chi connectivity index (χ2v) is 6.73. The molecule has 0 radical (unpaired) electrons. The van der Waals surface area contributed by atoms with Crippen LogP contribution in [0.15, 0.2) is 4.99 Å². The van der Waals surface area contributed by atoms with Gasteiger partial charge in [-0.05, 0) is 46.2 Å². The molecular weight excluding hydrogens is 321 g/mol. The van der Waals surface area contributed by atoms with Crippen LogP contribution in [0.5, 0.6) is 0 Å². The fourth-order valence-electron chi connectivity index (χ4n) is 2.70. The Kier molecular flexibility index (Phi) is 8.83. The van der Waals surface area contributed by atoms with E-state index in [0.717, 1.165) is 19.6 Å². The number of aliphatic imine (C=N–C) groups is 1. The Labute approximate surface area is 143 Å². The number of rotatable bonds is 8. The number of alkyl halides is 3. The van der Waals surface area contributed by atoms with Crippen LogP contribution in [0.3, 0.4) is 0 Å². The van der Waals surface area contributed by atoms with Crippen LogP contribution in [0.2, 0.25) is 0 Å². The summed E-state index contributed by atoms with van der Waals surface area (Å²) >= 11 is 0. The Morgan fingerprint density at radius 1 is 1.12 bits per heavy atom. The summed E-state index contributed by atoms with van der Waals surface area (Å²) in [5.41, 5.74) is 0.0356. The zero-order chi connectivity index (χ0) is 18.1. The third-order valence-corrected chi connectivity index (χ3v) is 4.15. The lowest BCUT2D eigenvalue weighted by molar-refractivity contribution is -0.173. The molecule has 0 unspecified atom stereocenters. The fraction of sp³-hybridized carbons (Fsp3) is 0.938. The van der Waals surface area contributed by atoms with E-state index in [1.165, 1.54) is 19.3 Å². The maximum atomic E-state index is 11.9. The van der Waals surface area contributed by atoms with Crippen molar-refractivity contribution in [2.24, 2.45) is 4.99 Å². The van der Waals surface area contributed by atoms with E-state index < -0.39 is 12.8 Å². The lowest BCUT2D eigenvalue weighted by Gasteiger charge is -2.41. The largest absolute Gasteiger partial charge is 0.411 e. The first kappa shape index (κ1) is 21.0. The van der Waals surface area contributed by atoms with Crippen molar-refractivity contribution in [3.63, 3.8) is 0 Å². The molecule has 142 valence electrons. The molecule has 0 spiro atoms. The van der Waals surface area contributed by atoms with Gasteiger partial charge in [0, 0.05) is 32.3 Å². The van der Waals surface area contributed by atoms with Crippen LogP contribution in [-0.2, 0) is 4.74 Å². The van der Waals surface area contributed by atoms with E-state index >= 15 is 0 Å². The number of ether oxygens (including phenoxy) is 1. The molecule has 1 rings (SSSR count). The zero-order valence-corrected chi connectivity index (χ0v) is 15.0. The minimum Gasteiger partial charge on any atom is -0.372 e. The highest BCUT2D eigenvalue weighted by Crippen LogP contribution is 2.19. The molecule has 0 bridgehead atoms. The van der Waals surface area contributed by atoms with Crippen molar-refractivity contribution in [3.05, 3.63) is 0 Å². The average molecular weight is 352 g/mol. The van der Waals surface area contributed by atoms with Gasteiger partial charge in [0.25, 0.3) is 0 Å². The molecule has 5 nitrogen and oxygen atoms in total. The van der Waals surface area contributed by atoms with Crippen molar-refractivity contribution >= 4 is 5.96 Å². The van der Waals surface area contributed by atoms with Crippen molar-refractivity contribution in [1.29, 1.82) is 0 Å². The third kappa shape index (κ3) is 8.73. The number of nitrogens with one attached hydrogen (secondary N) is 2. The smallest absolute Gasteiger partial charge is 0.372 e. The predicted molar refractivity (Wildman–Crippen MR) is 90.4 cm³/mol. The maximum Gasteiger partial charge on any atom is 0.411 e. The maximum absolute atomic E-state index is 11.9. The Morgan fingerprint density at radius 2 is 1.79 bits per heavy atom. The number of piperidine rings is 1. The molecule has 0 amide bonds. The van der Waals surface area contributed by atoms with E-state index in [-0.39, 0.29) is 12.1 Å². The number of likely N-dealkylation sites (tertiary alicyclic amines) is 1. The van der Waals surface area contributed by atoms with Gasteiger partial charge in [-0.3, -0.25) is 9.89 Å². The second kappa shape index (κ2) is 10.1. The first-order chi connectivity index (χ1) is 11.2. The van der Waals surface area contributed by atoms with Gasteiger partial charge in [0.15, 0.2) is 5.96 Å². The molecule has 0 aromatic carbocycles. The van der Waals surface area contributed by atoms with Gasteiger partial charge < -0.3 is 15.4 Å². The number of nitrogens with zero attached hydrogens (tertiary/aromatic N) is 2. The van der Waals surface area contributed by atoms with Crippen LogP contribution in [0.4, 0.5) is 13.2 Å². The SMILES string of the molecule is CN=C(NCCCOCC(F)(F)F)NCC(C)(C)N1CCCCC1. The zero-order valence-electron chi connectivity index (χ0n) is 15.0. The van der Waals surface area contributed by atoms with Gasteiger partial charge in [0.1, 0.15) is 6.61 Å². The van der Waals surface area contributed by atoms with Crippen molar-refractivity contribution < 1.29 is 17.9 Å². The molecule has 0 saturated carbocycles. The Balaban J connectivity index is 2.20. The Morgan fingerprint density at radius 3 is 2.38 bits per heavy atom. The summed E-state index contributed by atoms with van der Waals surface area (Å²) in [6.07, 6.45) is 0.0274. The second-order valence-electron chi connectivity index (χ2n) is 6.73. The first-order valence-corrected chi connectivity index (χ1v) is 8.59. The van der Waals surface area contributed by atoms with E-state index in [1.54, 1.807) is 7.05 Å². The quantitative estimate of drug-likeness (QED) is 0.400. The molecule has 0 atom stereocenters. The van der Waals surface area contributed by atoms with Gasteiger partial charge in [-0.1, -0.05) is 6.42 Å². The van der Waals surface area contributed by atoms with Crippen LogP contribution in [-0.4, -0.2) is 69.0 Å². The highest BCUT2D eigenvalue weighted by Gasteiger charge is 2.28. The van der Waals surface area contributed by atoms with Crippen LogP contribution in [0, 0.1) is 0 Å². The molecule has 0 aromatic rings. The van der Waals surface area contributed by atoms with Crippen molar-refractivity contribution in [2.45, 2.75) is 51.2 Å². The third-order valence-electron chi connectivity index (χ3n) is 4.15. The molecule has 8 heteroatoms. The lowest BCUT2D eigenvalue weighted by Crippen LogP contribution is -2.54. The standard InChI is InChI=1S/C16H31F3N4O/c1-15(2,23-9-5-4-6-10-23)12-22-14(20-3)21-8-7-11-24-13-16(17,18)19/h4-13H2,1-3H3,(H2,20,21,22). The summed E-state index contributed by atoms with van der Waals surface area (Å²) in [7, 11) is 1.68. The van der Waals surface area contributed by atoms with Gasteiger partial charge >= 0.3 is 6.18 Å². The summed E-state index contributed by atoms with van der Waals surface area (Å²) in [4.78, 5) is 6.64. The van der Waals surface area contributed by atoms with Crippen molar-refractivity contribution in [1.82, 2.24) is 15.5 Å². The number of halogens is 3. The molecule has 1 heterocycles. The van der Waals surface area contributed by atoms with E-state index in [2.05, 4.69) is 39.1 Å². The minimum atomic E-state index is -4.26. The fourth-order valence-corrected chi connectivity index (χ4v) is 2.70. The lowest BCUT2D eigenvalue weighted by atomic mass is 9.98. The summed E-state index contributed by atoms with van der Waals surface area (Å²) in [5, 5.41) is 6.40. The molecule has 24 heavy (non-hydrogen) atoms. The molecule has 2 N–H and O–H groups in total. The normalized spacial score (nSPS) is 17.8. The van der Waals surface area contributed by atoms with Crippen LogP contribution >= 0.6 is 0 Å². The van der Waals surface area contributed by atoms with Crippen molar-refractivity contribution in [3.8, 4) is 0 Å². The van der Waals surface area contributed by atoms with E-state index in [0.29, 0.717) is 18.9 Å². The predicted octanol–water partition coefficient (Wildman–Crippen LogP) is 2.38. The van der Waals surface area contributed by atoms with Crippen LogP contribution in [0.25, 0.3) is 0 Å². The molecule has 1 aliphatic heterocycles. The Hall–Kier alpha value is -1.02. The highest BCUT2D eigenvalue weighted by molar-refractivity contribution is 5.79. The minimum absolute atomic E-state index is 0.0356. The van der Waals surface area contributed by atoms with Crippen molar-refractivity contribution in [2.75, 3.05) is 46.4 Å². The molecule has 1 saturated heterocycles. The molecule has 1 aliphatic rings. The topological polar surface area (TPSA) is 48.9 Å². The number of hydrogen-bond acceptors (Lipinski definition) is 3. The van der Waals surface area contributed by atoms with Crippen LogP contribution in [0.1, 0.15) is 39.5 Å². The van der Waals surface area contributed by atoms with E-state index in [9.17, 15) is 13.2 Å². The highest BCUT2D eigenvalue weighted by atomic mass is 19.4. The average Bonchev–Trinajstić information content (AvgIpc) is 2.53. The van der Waals surface area contributed by atoms with E-state index in [4.69, 9.17) is 0 Å². The monoisotopic (exact) mass is 352 g/mol. The molecule has 1 fully saturated rings. The molecular formula is C16H31F3N4O. The van der Waals surface area contributed by atoms with Gasteiger partial charge in [-0.2, -0.15) is 13.2 Å². The van der Waals surface area contributed by atoms with Gasteiger partial charge in [0.05, 0.1) is 0 Å². The van der Waals surface area contributed by atoms with Gasteiger partial charge in [-0.15, -0.1) is 0 Å². The molecule has 0 aromatic heterocycles. The number of hydrogen-bond donors (Lipinski definition) is 2. The van der Waals surface area contributed by atoms with Crippen LogP contribution < -0.4 is 10.6 Å². The van der Waals surface area contributed by atoms with Gasteiger partial charge in [0.2, 0.25) is 0 Å².